The Balaban J connectivity index is 1.43. The van der Waals surface area contributed by atoms with Crippen LogP contribution in [0.5, 0.6) is 0 Å². The van der Waals surface area contributed by atoms with E-state index in [0.29, 0.717) is 34.4 Å². The smallest absolute Gasteiger partial charge is 0.262 e. The van der Waals surface area contributed by atoms with Gasteiger partial charge in [-0.05, 0) is 41.8 Å². The Hall–Kier alpha value is -3.30. The number of hydrogen-bond donors (Lipinski definition) is 0. The fourth-order valence-electron chi connectivity index (χ4n) is 3.95. The molecule has 1 aliphatic rings. The van der Waals surface area contributed by atoms with Crippen LogP contribution in [0.4, 0.5) is 5.69 Å². The summed E-state index contributed by atoms with van der Waals surface area (Å²) in [5.74, 6) is -0.229. The molecule has 4 aromatic rings. The molecule has 7 nitrogen and oxygen atoms in total. The number of ketones is 1. The van der Waals surface area contributed by atoms with Crippen molar-refractivity contribution in [3.8, 4) is 10.4 Å². The zero-order valence-electron chi connectivity index (χ0n) is 17.2. The highest BCUT2D eigenvalue weighted by molar-refractivity contribution is 7.92. The fourth-order valence-corrected chi connectivity index (χ4v) is 5.91. The van der Waals surface area contributed by atoms with E-state index in [2.05, 4.69) is 4.98 Å². The summed E-state index contributed by atoms with van der Waals surface area (Å²) >= 11 is 1.44. The van der Waals surface area contributed by atoms with Gasteiger partial charge in [0.05, 0.1) is 30.2 Å². The third-order valence-electron chi connectivity index (χ3n) is 5.55. The fraction of sp³-hybridized carbons (Fsp3) is 0.174. The molecule has 0 amide bonds. The molecule has 32 heavy (non-hydrogen) atoms. The van der Waals surface area contributed by atoms with Crippen molar-refractivity contribution in [1.82, 2.24) is 9.55 Å². The molecule has 5 rings (SSSR count). The summed E-state index contributed by atoms with van der Waals surface area (Å²) in [4.78, 5) is 31.8. The molecule has 0 bridgehead atoms. The lowest BCUT2D eigenvalue weighted by Gasteiger charge is -2.16. The first-order valence-corrected chi connectivity index (χ1v) is 12.7. The molecule has 0 aliphatic carbocycles. The number of carbonyl (C=O) groups is 1. The van der Waals surface area contributed by atoms with Crippen LogP contribution in [0.1, 0.15) is 15.9 Å². The second-order valence-corrected chi connectivity index (χ2v) is 10.7. The predicted octanol–water partition coefficient (Wildman–Crippen LogP) is 3.33. The van der Waals surface area contributed by atoms with E-state index in [4.69, 9.17) is 0 Å². The van der Waals surface area contributed by atoms with Gasteiger partial charge < -0.3 is 0 Å². The van der Waals surface area contributed by atoms with Crippen molar-refractivity contribution in [3.05, 3.63) is 82.4 Å². The molecular formula is C23H19N3O4S2. The number of carbonyl (C=O) groups excluding carboxylic acids is 1. The molecule has 0 fully saturated rings. The van der Waals surface area contributed by atoms with Gasteiger partial charge >= 0.3 is 0 Å². The summed E-state index contributed by atoms with van der Waals surface area (Å²) in [6, 6.07) is 16.6. The molecule has 9 heteroatoms. The van der Waals surface area contributed by atoms with Crippen LogP contribution in [0.3, 0.4) is 0 Å². The molecule has 0 radical (unpaired) electrons. The SMILES string of the molecule is CS(=O)(=O)N1CCc2cc(C(=O)Cn3cnc4sc(-c5ccccc5)cc4c3=O)ccc21. The molecule has 2 aromatic carbocycles. The van der Waals surface area contributed by atoms with E-state index in [9.17, 15) is 18.0 Å². The van der Waals surface area contributed by atoms with Crippen molar-refractivity contribution in [2.75, 3.05) is 17.1 Å². The summed E-state index contributed by atoms with van der Waals surface area (Å²) in [5, 5.41) is 0.488. The van der Waals surface area contributed by atoms with Crippen LogP contribution >= 0.6 is 11.3 Å². The van der Waals surface area contributed by atoms with Crippen molar-refractivity contribution in [3.63, 3.8) is 0 Å². The first-order valence-electron chi connectivity index (χ1n) is 9.99. The highest BCUT2D eigenvalue weighted by Gasteiger charge is 2.26. The van der Waals surface area contributed by atoms with E-state index < -0.39 is 10.0 Å². The Morgan fingerprint density at radius 2 is 1.91 bits per heavy atom. The minimum Gasteiger partial charge on any atom is -0.292 e. The van der Waals surface area contributed by atoms with Gasteiger partial charge in [0.25, 0.3) is 5.56 Å². The van der Waals surface area contributed by atoms with Crippen LogP contribution in [0.2, 0.25) is 0 Å². The monoisotopic (exact) mass is 465 g/mol. The van der Waals surface area contributed by atoms with Crippen LogP contribution < -0.4 is 9.86 Å². The second-order valence-electron chi connectivity index (χ2n) is 7.72. The number of aromatic nitrogens is 2. The predicted molar refractivity (Wildman–Crippen MR) is 126 cm³/mol. The van der Waals surface area contributed by atoms with Crippen LogP contribution in [0.25, 0.3) is 20.7 Å². The normalized spacial score (nSPS) is 13.5. The summed E-state index contributed by atoms with van der Waals surface area (Å²) < 4.78 is 26.5. The summed E-state index contributed by atoms with van der Waals surface area (Å²) in [7, 11) is -3.35. The Bertz CT molecular complexity index is 1520. The number of Topliss-reactive ketones (excluding diaryl/α,β-unsaturated/α-hetero) is 1. The molecule has 3 heterocycles. The van der Waals surface area contributed by atoms with Crippen molar-refractivity contribution in [2.24, 2.45) is 0 Å². The molecule has 0 saturated carbocycles. The number of anilines is 1. The van der Waals surface area contributed by atoms with Crippen LogP contribution in [0.15, 0.2) is 65.7 Å². The van der Waals surface area contributed by atoms with Gasteiger partial charge in [0.15, 0.2) is 5.78 Å². The number of nitrogens with zero attached hydrogens (tertiary/aromatic N) is 3. The zero-order chi connectivity index (χ0) is 22.5. The molecule has 0 saturated heterocycles. The molecule has 0 unspecified atom stereocenters. The van der Waals surface area contributed by atoms with Crippen LogP contribution in [-0.2, 0) is 23.0 Å². The summed E-state index contributed by atoms with van der Waals surface area (Å²) in [5.41, 5.74) is 2.62. The van der Waals surface area contributed by atoms with E-state index in [0.717, 1.165) is 16.0 Å². The molecule has 2 aromatic heterocycles. The lowest BCUT2D eigenvalue weighted by atomic mass is 10.1. The molecule has 0 atom stereocenters. The summed E-state index contributed by atoms with van der Waals surface area (Å²) in [6.07, 6.45) is 3.13. The Labute approximate surface area is 188 Å². The number of benzene rings is 2. The lowest BCUT2D eigenvalue weighted by Crippen LogP contribution is -2.27. The zero-order valence-corrected chi connectivity index (χ0v) is 18.8. The molecule has 162 valence electrons. The van der Waals surface area contributed by atoms with Gasteiger partial charge in [-0.15, -0.1) is 11.3 Å². The van der Waals surface area contributed by atoms with E-state index >= 15 is 0 Å². The number of rotatable bonds is 5. The molecule has 0 spiro atoms. The van der Waals surface area contributed by atoms with E-state index in [1.165, 1.54) is 32.8 Å². The topological polar surface area (TPSA) is 89.3 Å². The average molecular weight is 466 g/mol. The van der Waals surface area contributed by atoms with Crippen molar-refractivity contribution in [2.45, 2.75) is 13.0 Å². The third kappa shape index (κ3) is 3.63. The Kier molecular flexibility index (Phi) is 4.94. The van der Waals surface area contributed by atoms with Gasteiger partial charge in [0.1, 0.15) is 4.83 Å². The lowest BCUT2D eigenvalue weighted by molar-refractivity contribution is 0.0970. The van der Waals surface area contributed by atoms with E-state index in [1.807, 2.05) is 36.4 Å². The number of hydrogen-bond acceptors (Lipinski definition) is 6. The number of fused-ring (bicyclic) bond motifs is 2. The maximum absolute atomic E-state index is 13.0. The maximum atomic E-state index is 13.0. The van der Waals surface area contributed by atoms with Gasteiger partial charge in [0, 0.05) is 17.0 Å². The van der Waals surface area contributed by atoms with Crippen LogP contribution in [0, 0.1) is 0 Å². The number of thiophene rings is 1. The van der Waals surface area contributed by atoms with E-state index in [-0.39, 0.29) is 17.9 Å². The van der Waals surface area contributed by atoms with Gasteiger partial charge in [-0.25, -0.2) is 13.4 Å². The highest BCUT2D eigenvalue weighted by Crippen LogP contribution is 2.32. The average Bonchev–Trinajstić information content (AvgIpc) is 3.40. The van der Waals surface area contributed by atoms with Crippen molar-refractivity contribution >= 4 is 43.0 Å². The van der Waals surface area contributed by atoms with Crippen LogP contribution in [-0.4, -0.2) is 36.6 Å². The van der Waals surface area contributed by atoms with Gasteiger partial charge in [-0.3, -0.25) is 18.5 Å². The minimum atomic E-state index is -3.35. The molecule has 0 N–H and O–H groups in total. The van der Waals surface area contributed by atoms with Gasteiger partial charge in [-0.1, -0.05) is 30.3 Å². The van der Waals surface area contributed by atoms with Crippen molar-refractivity contribution < 1.29 is 13.2 Å². The number of sulfonamides is 1. The molecular weight excluding hydrogens is 446 g/mol. The summed E-state index contributed by atoms with van der Waals surface area (Å²) in [6.45, 7) is 0.237. The minimum absolute atomic E-state index is 0.132. The first-order chi connectivity index (χ1) is 15.3. The second kappa shape index (κ2) is 7.68. The van der Waals surface area contributed by atoms with Gasteiger partial charge in [0.2, 0.25) is 10.0 Å². The van der Waals surface area contributed by atoms with Crippen molar-refractivity contribution in [1.29, 1.82) is 0 Å². The standard InChI is InChI=1S/C23H19N3O4S2/c1-32(29,30)26-10-9-16-11-17(7-8-19(16)26)20(27)13-25-14-24-22-18(23(25)28)12-21(31-22)15-5-3-2-4-6-15/h2-8,11-12,14H,9-10,13H2,1H3. The Morgan fingerprint density at radius 1 is 1.12 bits per heavy atom. The maximum Gasteiger partial charge on any atom is 0.262 e. The van der Waals surface area contributed by atoms with E-state index in [1.54, 1.807) is 18.2 Å². The highest BCUT2D eigenvalue weighted by atomic mass is 32.2. The Morgan fingerprint density at radius 3 is 2.66 bits per heavy atom. The first kappa shape index (κ1) is 20.6. The van der Waals surface area contributed by atoms with Gasteiger partial charge in [-0.2, -0.15) is 0 Å². The quantitative estimate of drug-likeness (QED) is 0.422. The molecule has 1 aliphatic heterocycles. The third-order valence-corrected chi connectivity index (χ3v) is 7.82. The largest absolute Gasteiger partial charge is 0.292 e.